The highest BCUT2D eigenvalue weighted by Crippen LogP contribution is 2.28. The number of benzene rings is 2. The predicted molar refractivity (Wildman–Crippen MR) is 136 cm³/mol. The van der Waals surface area contributed by atoms with E-state index in [-0.39, 0.29) is 23.7 Å². The summed E-state index contributed by atoms with van der Waals surface area (Å²) < 4.78 is 44.4. The molecule has 0 bridgehead atoms. The number of anilines is 3. The van der Waals surface area contributed by atoms with Crippen LogP contribution in [0, 0.1) is 6.92 Å². The van der Waals surface area contributed by atoms with Crippen LogP contribution in [0.25, 0.3) is 0 Å². The predicted octanol–water partition coefficient (Wildman–Crippen LogP) is 3.73. The number of aromatic nitrogens is 2. The van der Waals surface area contributed by atoms with E-state index in [1.54, 1.807) is 26.2 Å². The number of hydrogen-bond acceptors (Lipinski definition) is 9. The van der Waals surface area contributed by atoms with Crippen LogP contribution in [-0.4, -0.2) is 51.8 Å². The number of rotatable bonds is 13. The van der Waals surface area contributed by atoms with E-state index in [9.17, 15) is 8.42 Å². The van der Waals surface area contributed by atoms with Gasteiger partial charge in [-0.1, -0.05) is 0 Å². The number of nitrogens with one attached hydrogen (secondary N) is 3. The van der Waals surface area contributed by atoms with Gasteiger partial charge in [0.15, 0.2) is 0 Å². The van der Waals surface area contributed by atoms with Crippen LogP contribution >= 0.6 is 0 Å². The molecule has 0 saturated carbocycles. The molecule has 0 fully saturated rings. The topological polar surface area (TPSA) is 124 Å². The summed E-state index contributed by atoms with van der Waals surface area (Å²) >= 11 is 0. The summed E-state index contributed by atoms with van der Waals surface area (Å²) in [5, 5.41) is 6.28. The highest BCUT2D eigenvalue weighted by Gasteiger charge is 2.20. The van der Waals surface area contributed by atoms with E-state index >= 15 is 0 Å². The third-order valence-electron chi connectivity index (χ3n) is 4.73. The molecular weight excluding hydrogens is 470 g/mol. The number of hydrogen-bond donors (Lipinski definition) is 3. The lowest BCUT2D eigenvalue weighted by Crippen LogP contribution is -2.29. The minimum atomic E-state index is -3.80. The Hall–Kier alpha value is -3.57. The quantitative estimate of drug-likeness (QED) is 0.301. The molecule has 0 aliphatic rings. The van der Waals surface area contributed by atoms with E-state index < -0.39 is 10.0 Å². The van der Waals surface area contributed by atoms with Gasteiger partial charge < -0.3 is 24.8 Å². The number of sulfonamides is 1. The molecule has 0 atom stereocenters. The Morgan fingerprint density at radius 2 is 1.60 bits per heavy atom. The van der Waals surface area contributed by atoms with E-state index in [4.69, 9.17) is 14.2 Å². The number of methoxy groups -OCH3 is 1. The lowest BCUT2D eigenvalue weighted by atomic mass is 10.3. The summed E-state index contributed by atoms with van der Waals surface area (Å²) in [4.78, 5) is 8.88. The zero-order valence-electron chi connectivity index (χ0n) is 20.3. The lowest BCUT2D eigenvalue weighted by molar-refractivity contribution is 0.317. The van der Waals surface area contributed by atoms with Gasteiger partial charge in [-0.15, -0.1) is 0 Å². The first-order valence-corrected chi connectivity index (χ1v) is 12.7. The molecule has 11 heteroatoms. The van der Waals surface area contributed by atoms with Crippen molar-refractivity contribution in [3.05, 3.63) is 54.2 Å². The Bertz CT molecular complexity index is 1220. The van der Waals surface area contributed by atoms with Crippen LogP contribution in [0.1, 0.15) is 19.5 Å². The van der Waals surface area contributed by atoms with Gasteiger partial charge in [0.1, 0.15) is 28.0 Å². The average Bonchev–Trinajstić information content (AvgIpc) is 2.82. The summed E-state index contributed by atoms with van der Waals surface area (Å²) in [5.41, 5.74) is 1.61. The monoisotopic (exact) mass is 501 g/mol. The molecule has 3 rings (SSSR count). The van der Waals surface area contributed by atoms with Gasteiger partial charge in [-0.05, 0) is 57.2 Å². The van der Waals surface area contributed by atoms with Crippen LogP contribution in [0.3, 0.4) is 0 Å². The molecule has 0 radical (unpaired) electrons. The summed E-state index contributed by atoms with van der Waals surface area (Å²) in [7, 11) is -2.18. The molecule has 188 valence electrons. The van der Waals surface area contributed by atoms with E-state index in [2.05, 4.69) is 25.3 Å². The minimum Gasteiger partial charge on any atom is -0.497 e. The van der Waals surface area contributed by atoms with E-state index in [1.165, 1.54) is 6.07 Å². The maximum Gasteiger partial charge on any atom is 0.244 e. The standard InChI is InChI=1S/C24H31N5O5S/c1-5-33-20-11-12-22(21(16-20)34-6-2)35(30,31)26-14-13-25-24-27-17(3)15-23(29-24)28-18-7-9-19(32-4)10-8-18/h7-12,15-16,26H,5-6,13-14H2,1-4H3,(H2,25,27,28,29). The molecule has 1 heterocycles. The van der Waals surface area contributed by atoms with Crippen molar-refractivity contribution in [2.24, 2.45) is 0 Å². The van der Waals surface area contributed by atoms with Crippen molar-refractivity contribution in [3.8, 4) is 17.2 Å². The van der Waals surface area contributed by atoms with Crippen LogP contribution in [0.5, 0.6) is 17.2 Å². The molecule has 3 N–H and O–H groups in total. The number of ether oxygens (including phenoxy) is 3. The van der Waals surface area contributed by atoms with Crippen molar-refractivity contribution in [2.75, 3.05) is 44.0 Å². The van der Waals surface area contributed by atoms with Gasteiger partial charge in [-0.3, -0.25) is 0 Å². The van der Waals surface area contributed by atoms with Crippen molar-refractivity contribution in [3.63, 3.8) is 0 Å². The van der Waals surface area contributed by atoms with Gasteiger partial charge in [0.2, 0.25) is 16.0 Å². The molecular formula is C24H31N5O5S. The van der Waals surface area contributed by atoms with Crippen LogP contribution in [0.15, 0.2) is 53.4 Å². The van der Waals surface area contributed by atoms with Crippen LogP contribution in [-0.2, 0) is 10.0 Å². The van der Waals surface area contributed by atoms with Crippen molar-refractivity contribution < 1.29 is 22.6 Å². The van der Waals surface area contributed by atoms with Gasteiger partial charge in [0.05, 0.1) is 20.3 Å². The first kappa shape index (κ1) is 26.0. The fourth-order valence-electron chi connectivity index (χ4n) is 3.21. The molecule has 0 unspecified atom stereocenters. The molecule has 3 aromatic rings. The molecule has 0 amide bonds. The smallest absolute Gasteiger partial charge is 0.244 e. The summed E-state index contributed by atoms with van der Waals surface area (Å²) in [6.45, 7) is 6.72. The number of aryl methyl sites for hydroxylation is 1. The maximum absolute atomic E-state index is 12.9. The normalized spacial score (nSPS) is 11.1. The summed E-state index contributed by atoms with van der Waals surface area (Å²) in [6.07, 6.45) is 0. The molecule has 0 saturated heterocycles. The second-order valence-electron chi connectivity index (χ2n) is 7.37. The Morgan fingerprint density at radius 3 is 2.29 bits per heavy atom. The molecule has 10 nitrogen and oxygen atoms in total. The maximum atomic E-state index is 12.9. The van der Waals surface area contributed by atoms with Crippen molar-refractivity contribution in [1.29, 1.82) is 0 Å². The van der Waals surface area contributed by atoms with Gasteiger partial charge in [0, 0.05) is 36.6 Å². The molecule has 0 spiro atoms. The van der Waals surface area contributed by atoms with E-state index in [1.807, 2.05) is 44.2 Å². The first-order valence-electron chi connectivity index (χ1n) is 11.2. The van der Waals surface area contributed by atoms with Crippen LogP contribution < -0.4 is 29.6 Å². The minimum absolute atomic E-state index is 0.0561. The van der Waals surface area contributed by atoms with Gasteiger partial charge in [0.25, 0.3) is 0 Å². The highest BCUT2D eigenvalue weighted by molar-refractivity contribution is 7.89. The van der Waals surface area contributed by atoms with Gasteiger partial charge in [-0.2, -0.15) is 4.98 Å². The van der Waals surface area contributed by atoms with Crippen molar-refractivity contribution in [2.45, 2.75) is 25.7 Å². The average molecular weight is 502 g/mol. The third-order valence-corrected chi connectivity index (χ3v) is 6.23. The molecule has 1 aromatic heterocycles. The summed E-state index contributed by atoms with van der Waals surface area (Å²) in [5.74, 6) is 2.55. The molecule has 35 heavy (non-hydrogen) atoms. The summed E-state index contributed by atoms with van der Waals surface area (Å²) in [6, 6.07) is 14.0. The number of nitrogens with zero attached hydrogens (tertiary/aromatic N) is 2. The van der Waals surface area contributed by atoms with Gasteiger partial charge in [-0.25, -0.2) is 18.1 Å². The zero-order valence-corrected chi connectivity index (χ0v) is 21.1. The zero-order chi connectivity index (χ0) is 25.3. The van der Waals surface area contributed by atoms with Crippen molar-refractivity contribution >= 4 is 27.5 Å². The fourth-order valence-corrected chi connectivity index (χ4v) is 4.36. The van der Waals surface area contributed by atoms with E-state index in [0.29, 0.717) is 30.7 Å². The Balaban J connectivity index is 1.61. The first-order chi connectivity index (χ1) is 16.8. The molecule has 0 aliphatic carbocycles. The van der Waals surface area contributed by atoms with Gasteiger partial charge >= 0.3 is 0 Å². The Labute approximate surface area is 206 Å². The lowest BCUT2D eigenvalue weighted by Gasteiger charge is -2.14. The third kappa shape index (κ3) is 7.46. The largest absolute Gasteiger partial charge is 0.497 e. The Kier molecular flexibility index (Phi) is 9.10. The second-order valence-corrected chi connectivity index (χ2v) is 9.11. The SMILES string of the molecule is CCOc1ccc(S(=O)(=O)NCCNc2nc(C)cc(Nc3ccc(OC)cc3)n2)c(OCC)c1. The second kappa shape index (κ2) is 12.2. The molecule has 2 aromatic carbocycles. The van der Waals surface area contributed by atoms with Crippen molar-refractivity contribution in [1.82, 2.24) is 14.7 Å². The van der Waals surface area contributed by atoms with E-state index in [0.717, 1.165) is 17.1 Å². The highest BCUT2D eigenvalue weighted by atomic mass is 32.2. The Morgan fingerprint density at radius 1 is 0.886 bits per heavy atom. The fraction of sp³-hybridized carbons (Fsp3) is 0.333. The molecule has 0 aliphatic heterocycles. The van der Waals surface area contributed by atoms with Crippen LogP contribution in [0.2, 0.25) is 0 Å². The van der Waals surface area contributed by atoms with Crippen LogP contribution in [0.4, 0.5) is 17.5 Å².